The Morgan fingerprint density at radius 1 is 0.895 bits per heavy atom. The fraction of sp³-hybridized carbons (Fsp3) is 1.00. The Hall–Kier alpha value is -0.410. The zero-order valence-corrected chi connectivity index (χ0v) is 11.2. The molecule has 0 aliphatic heterocycles. The summed E-state index contributed by atoms with van der Waals surface area (Å²) in [6.45, 7) is -0.505. The first-order valence-corrected chi connectivity index (χ1v) is 6.32. The molecule has 0 aromatic heterocycles. The first-order valence-electron chi connectivity index (χ1n) is 4.95. The summed E-state index contributed by atoms with van der Waals surface area (Å²) in [5.74, 6) is 0. The van der Waals surface area contributed by atoms with E-state index in [4.69, 9.17) is 34.4 Å². The van der Waals surface area contributed by atoms with Crippen LogP contribution in [0.4, 0.5) is 0 Å². The van der Waals surface area contributed by atoms with Crippen molar-refractivity contribution in [3.63, 3.8) is 0 Å². The lowest BCUT2D eigenvalue weighted by Gasteiger charge is -2.17. The summed E-state index contributed by atoms with van der Waals surface area (Å²) >= 11 is 0. The first kappa shape index (κ1) is 20.9. The van der Waals surface area contributed by atoms with Crippen molar-refractivity contribution < 1.29 is 47.0 Å². The van der Waals surface area contributed by atoms with Crippen molar-refractivity contribution in [2.75, 3.05) is 46.8 Å². The van der Waals surface area contributed by atoms with Gasteiger partial charge < -0.3 is 15.3 Å². The molecule has 19 heavy (non-hydrogen) atoms. The third-order valence-electron chi connectivity index (χ3n) is 1.07. The lowest BCUT2D eigenvalue weighted by atomic mass is 10.8. The molecule has 0 spiro atoms. The topological polar surface area (TPSA) is 155 Å². The Morgan fingerprint density at radius 3 is 1.32 bits per heavy atom. The van der Waals surface area contributed by atoms with Gasteiger partial charge in [0.1, 0.15) is 0 Å². The number of hydrogen-bond donors (Lipinski definition) is 4. The Bertz CT molecular complexity index is 252. The van der Waals surface area contributed by atoms with E-state index in [1.54, 1.807) is 0 Å². The fourth-order valence-corrected chi connectivity index (χ4v) is 0.458. The summed E-state index contributed by atoms with van der Waals surface area (Å²) in [5.41, 5.74) is 0. The van der Waals surface area contributed by atoms with Crippen LogP contribution in [0.25, 0.3) is 0 Å². The SMILES string of the molecule is COS(=O)(=O)O.OCCON(OCCO)OCCO. The summed E-state index contributed by atoms with van der Waals surface area (Å²) in [5, 5.41) is 25.9. The highest BCUT2D eigenvalue weighted by Crippen LogP contribution is 1.93. The number of aliphatic hydroxyl groups excluding tert-OH is 3. The summed E-state index contributed by atoms with van der Waals surface area (Å²) in [7, 11) is -3.29. The molecule has 4 N–H and O–H groups in total. The van der Waals surface area contributed by atoms with Crippen molar-refractivity contribution in [2.45, 2.75) is 0 Å². The van der Waals surface area contributed by atoms with Gasteiger partial charge in [-0.25, -0.2) is 14.5 Å². The van der Waals surface area contributed by atoms with Gasteiger partial charge >= 0.3 is 10.4 Å². The summed E-state index contributed by atoms with van der Waals surface area (Å²) in [6.07, 6.45) is 0. The van der Waals surface area contributed by atoms with Crippen LogP contribution in [-0.2, 0) is 29.1 Å². The predicted molar refractivity (Wildman–Crippen MR) is 59.5 cm³/mol. The number of nitrogens with zero attached hydrogens (tertiary/aromatic N) is 1. The van der Waals surface area contributed by atoms with E-state index in [2.05, 4.69) is 4.18 Å². The lowest BCUT2D eigenvalue weighted by molar-refractivity contribution is -0.527. The van der Waals surface area contributed by atoms with E-state index < -0.39 is 10.4 Å². The smallest absolute Gasteiger partial charge is 0.394 e. The third kappa shape index (κ3) is 20.1. The molecule has 0 saturated carbocycles. The minimum absolute atomic E-state index is 0.0108. The number of hydrogen-bond acceptors (Lipinski definition) is 10. The quantitative estimate of drug-likeness (QED) is 0.250. The second kappa shape index (κ2) is 14.0. The van der Waals surface area contributed by atoms with E-state index in [-0.39, 0.29) is 39.6 Å². The van der Waals surface area contributed by atoms with E-state index in [9.17, 15) is 8.42 Å². The molecule has 0 radical (unpaired) electrons. The lowest BCUT2D eigenvalue weighted by Crippen LogP contribution is -2.28. The van der Waals surface area contributed by atoms with Gasteiger partial charge in [-0.05, 0) is 0 Å². The molecule has 0 rings (SSSR count). The van der Waals surface area contributed by atoms with Gasteiger partial charge in [0.25, 0.3) is 0 Å². The Morgan fingerprint density at radius 2 is 1.16 bits per heavy atom. The minimum atomic E-state index is -4.16. The van der Waals surface area contributed by atoms with Crippen LogP contribution in [0.15, 0.2) is 0 Å². The molecule has 0 aliphatic rings. The average Bonchev–Trinajstić information content (AvgIpc) is 2.38. The van der Waals surface area contributed by atoms with Crippen molar-refractivity contribution in [3.05, 3.63) is 0 Å². The minimum Gasteiger partial charge on any atom is -0.394 e. The van der Waals surface area contributed by atoms with Gasteiger partial charge in [-0.1, -0.05) is 0 Å². The largest absolute Gasteiger partial charge is 0.397 e. The molecular formula is C7H19NO10S. The maximum absolute atomic E-state index is 9.33. The molecular weight excluding hydrogens is 290 g/mol. The maximum atomic E-state index is 9.33. The summed E-state index contributed by atoms with van der Waals surface area (Å²) < 4.78 is 29.7. The van der Waals surface area contributed by atoms with Crippen molar-refractivity contribution in [1.82, 2.24) is 5.39 Å². The highest BCUT2D eigenvalue weighted by Gasteiger charge is 2.05. The van der Waals surface area contributed by atoms with Crippen LogP contribution in [0.2, 0.25) is 0 Å². The fourth-order valence-electron chi connectivity index (χ4n) is 0.458. The molecule has 0 unspecified atom stereocenters. The van der Waals surface area contributed by atoms with Gasteiger partial charge in [-0.2, -0.15) is 8.42 Å². The Kier molecular flexibility index (Phi) is 15.4. The summed E-state index contributed by atoms with van der Waals surface area (Å²) in [4.78, 5) is 14.1. The highest BCUT2D eigenvalue weighted by atomic mass is 32.3. The van der Waals surface area contributed by atoms with E-state index >= 15 is 0 Å². The van der Waals surface area contributed by atoms with Crippen LogP contribution < -0.4 is 0 Å². The first-order chi connectivity index (χ1) is 8.91. The van der Waals surface area contributed by atoms with Gasteiger partial charge in [-0.3, -0.25) is 8.74 Å². The molecule has 0 aromatic rings. The maximum Gasteiger partial charge on any atom is 0.397 e. The van der Waals surface area contributed by atoms with Crippen LogP contribution >= 0.6 is 0 Å². The van der Waals surface area contributed by atoms with E-state index in [1.165, 1.54) is 0 Å². The van der Waals surface area contributed by atoms with Gasteiger partial charge in [0.15, 0.2) is 0 Å². The second-order valence-electron chi connectivity index (χ2n) is 2.49. The molecule has 118 valence electrons. The predicted octanol–water partition coefficient (Wildman–Crippen LogP) is -2.50. The van der Waals surface area contributed by atoms with E-state index in [1.807, 2.05) is 0 Å². The number of rotatable bonds is 10. The van der Waals surface area contributed by atoms with Gasteiger partial charge in [-0.15, -0.1) is 0 Å². The van der Waals surface area contributed by atoms with Crippen LogP contribution in [0.3, 0.4) is 0 Å². The van der Waals surface area contributed by atoms with Gasteiger partial charge in [0.05, 0.1) is 52.1 Å². The normalized spacial score (nSPS) is 11.3. The van der Waals surface area contributed by atoms with Crippen molar-refractivity contribution in [1.29, 1.82) is 0 Å². The second-order valence-corrected chi connectivity index (χ2v) is 3.68. The van der Waals surface area contributed by atoms with Crippen molar-refractivity contribution in [2.24, 2.45) is 0 Å². The molecule has 0 amide bonds. The van der Waals surface area contributed by atoms with E-state index in [0.717, 1.165) is 7.11 Å². The van der Waals surface area contributed by atoms with Crippen molar-refractivity contribution in [3.8, 4) is 0 Å². The zero-order chi connectivity index (χ0) is 15.1. The van der Waals surface area contributed by atoms with E-state index in [0.29, 0.717) is 5.39 Å². The average molecular weight is 309 g/mol. The summed E-state index contributed by atoms with van der Waals surface area (Å²) in [6, 6.07) is 0. The van der Waals surface area contributed by atoms with Crippen LogP contribution in [0.5, 0.6) is 0 Å². The Balaban J connectivity index is 0. The van der Waals surface area contributed by atoms with Gasteiger partial charge in [0, 0.05) is 0 Å². The van der Waals surface area contributed by atoms with Crippen LogP contribution in [0.1, 0.15) is 0 Å². The van der Waals surface area contributed by atoms with Crippen LogP contribution in [0, 0.1) is 0 Å². The molecule has 0 heterocycles. The highest BCUT2D eigenvalue weighted by molar-refractivity contribution is 7.80. The van der Waals surface area contributed by atoms with Crippen LogP contribution in [-0.4, -0.2) is 80.4 Å². The standard InChI is InChI=1S/C6H15NO6.CH4O4S/c8-1-4-11-7(12-5-2-9)13-6-3-10;1-5-6(2,3)4/h8-10H,1-6H2;1H3,(H,2,3,4). The monoisotopic (exact) mass is 309 g/mol. The molecule has 0 aromatic carbocycles. The molecule has 0 aliphatic carbocycles. The molecule has 0 fully saturated rings. The van der Waals surface area contributed by atoms with Crippen molar-refractivity contribution >= 4 is 10.4 Å². The Labute approximate surface area is 110 Å². The molecule has 11 nitrogen and oxygen atoms in total. The zero-order valence-electron chi connectivity index (χ0n) is 10.3. The third-order valence-corrected chi connectivity index (χ3v) is 1.50. The number of aliphatic hydroxyl groups is 3. The molecule has 0 atom stereocenters. The molecule has 12 heteroatoms. The molecule has 0 saturated heterocycles. The molecule has 0 bridgehead atoms. The van der Waals surface area contributed by atoms with Gasteiger partial charge in [0.2, 0.25) is 0 Å².